The Bertz CT molecular complexity index is 402. The molecule has 2 aliphatic rings. The van der Waals surface area contributed by atoms with E-state index in [1.54, 1.807) is 0 Å². The van der Waals surface area contributed by atoms with Crippen LogP contribution in [0.15, 0.2) is 11.8 Å². The van der Waals surface area contributed by atoms with Crippen LogP contribution in [0.3, 0.4) is 0 Å². The maximum absolute atomic E-state index is 12.1. The van der Waals surface area contributed by atoms with Gasteiger partial charge in [0, 0.05) is 12.0 Å². The summed E-state index contributed by atoms with van der Waals surface area (Å²) in [5, 5.41) is 19.9. The average Bonchev–Trinajstić information content (AvgIpc) is 2.15. The van der Waals surface area contributed by atoms with E-state index in [4.69, 9.17) is 0 Å². The van der Waals surface area contributed by atoms with E-state index in [2.05, 4.69) is 0 Å². The molecule has 17 heavy (non-hydrogen) atoms. The van der Waals surface area contributed by atoms with E-state index < -0.39 is 17.9 Å². The lowest BCUT2D eigenvalue weighted by Crippen LogP contribution is -2.53. The number of ketones is 2. The Morgan fingerprint density at radius 3 is 2.41 bits per heavy atom. The van der Waals surface area contributed by atoms with Crippen molar-refractivity contribution in [1.82, 2.24) is 0 Å². The third-order valence-corrected chi connectivity index (χ3v) is 3.85. The molecule has 0 spiro atoms. The molecular weight excluding hydrogens is 220 g/mol. The molecule has 4 nitrogen and oxygen atoms in total. The van der Waals surface area contributed by atoms with Crippen molar-refractivity contribution in [3.05, 3.63) is 11.8 Å². The van der Waals surface area contributed by atoms with E-state index in [-0.39, 0.29) is 35.1 Å². The lowest BCUT2D eigenvalue weighted by molar-refractivity contribution is -0.148. The molecule has 2 bridgehead atoms. The average molecular weight is 238 g/mol. The number of hydrogen-bond donors (Lipinski definition) is 2. The van der Waals surface area contributed by atoms with Gasteiger partial charge < -0.3 is 10.2 Å². The Hall–Kier alpha value is -1.16. The molecule has 2 N–H and O–H groups in total. The first kappa shape index (κ1) is 12.3. The van der Waals surface area contributed by atoms with Gasteiger partial charge in [0.1, 0.15) is 5.76 Å². The lowest BCUT2D eigenvalue weighted by atomic mass is 9.59. The molecule has 0 aromatic rings. The van der Waals surface area contributed by atoms with Crippen LogP contribution in [0.1, 0.15) is 27.2 Å². The lowest BCUT2D eigenvalue weighted by Gasteiger charge is -2.45. The highest BCUT2D eigenvalue weighted by atomic mass is 16.3. The third-order valence-electron chi connectivity index (χ3n) is 3.85. The molecule has 94 valence electrons. The summed E-state index contributed by atoms with van der Waals surface area (Å²) in [4.78, 5) is 23.7. The molecule has 0 aromatic carbocycles. The summed E-state index contributed by atoms with van der Waals surface area (Å²) >= 11 is 0. The van der Waals surface area contributed by atoms with E-state index in [1.807, 2.05) is 20.8 Å². The fourth-order valence-electron chi connectivity index (χ4n) is 3.12. The summed E-state index contributed by atoms with van der Waals surface area (Å²) in [5.74, 6) is -2.62. The zero-order valence-electron chi connectivity index (χ0n) is 10.3. The molecule has 4 heteroatoms. The summed E-state index contributed by atoms with van der Waals surface area (Å²) in [5.41, 5.74) is -0.299. The van der Waals surface area contributed by atoms with Gasteiger partial charge in [-0.25, -0.2) is 0 Å². The summed E-state index contributed by atoms with van der Waals surface area (Å²) < 4.78 is 0. The first-order valence-electron chi connectivity index (χ1n) is 5.89. The number of rotatable bonds is 0. The van der Waals surface area contributed by atoms with Crippen molar-refractivity contribution >= 4 is 11.6 Å². The maximum Gasteiger partial charge on any atom is 0.169 e. The first-order chi connectivity index (χ1) is 7.73. The van der Waals surface area contributed by atoms with Crippen LogP contribution in [0.5, 0.6) is 0 Å². The van der Waals surface area contributed by atoms with Crippen molar-refractivity contribution in [2.24, 2.45) is 23.2 Å². The minimum absolute atomic E-state index is 0.180. The summed E-state index contributed by atoms with van der Waals surface area (Å²) in [6, 6.07) is 0. The largest absolute Gasteiger partial charge is 0.511 e. The Balaban J connectivity index is 2.48. The molecule has 0 radical (unpaired) electrons. The van der Waals surface area contributed by atoms with Crippen LogP contribution >= 0.6 is 0 Å². The van der Waals surface area contributed by atoms with Gasteiger partial charge in [0.05, 0.1) is 17.9 Å². The SMILES string of the molecule is CC(C)(C)C1C2C(=O)C(C[C@@H]1O)C(=O)C=C2O. The Morgan fingerprint density at radius 2 is 1.88 bits per heavy atom. The standard InChI is InChI=1S/C13H18O4/c1-13(2,3)11-9(16)4-6-7(14)5-8(15)10(11)12(6)17/h5-6,9-11,15-16H,4H2,1-3H3/t6?,9-,10?,11?/m0/s1. The molecule has 3 unspecified atom stereocenters. The molecule has 0 saturated heterocycles. The Kier molecular flexibility index (Phi) is 2.65. The number of carbonyl (C=O) groups excluding carboxylic acids is 2. The van der Waals surface area contributed by atoms with Gasteiger partial charge >= 0.3 is 0 Å². The number of aliphatic hydroxyl groups excluding tert-OH is 2. The number of Topliss-reactive ketones (excluding diaryl/α,β-unsaturated/α-hetero) is 1. The fourth-order valence-corrected chi connectivity index (χ4v) is 3.12. The van der Waals surface area contributed by atoms with E-state index in [0.29, 0.717) is 0 Å². The molecule has 4 atom stereocenters. The summed E-state index contributed by atoms with van der Waals surface area (Å²) in [6.45, 7) is 5.79. The highest BCUT2D eigenvalue weighted by Crippen LogP contribution is 2.46. The summed E-state index contributed by atoms with van der Waals surface area (Å²) in [6.07, 6.45) is 0.615. The predicted molar refractivity (Wildman–Crippen MR) is 61.3 cm³/mol. The van der Waals surface area contributed by atoms with Gasteiger partial charge in [0.15, 0.2) is 11.6 Å². The van der Waals surface area contributed by atoms with Crippen LogP contribution in [0.2, 0.25) is 0 Å². The number of allylic oxidation sites excluding steroid dienone is 2. The monoisotopic (exact) mass is 238 g/mol. The Morgan fingerprint density at radius 1 is 1.29 bits per heavy atom. The molecule has 2 rings (SSSR count). The second-order valence-corrected chi connectivity index (χ2v) is 6.10. The fraction of sp³-hybridized carbons (Fsp3) is 0.692. The minimum Gasteiger partial charge on any atom is -0.511 e. The van der Waals surface area contributed by atoms with E-state index >= 15 is 0 Å². The molecule has 1 saturated carbocycles. The van der Waals surface area contributed by atoms with Crippen LogP contribution in [0.25, 0.3) is 0 Å². The normalized spacial score (nSPS) is 38.0. The van der Waals surface area contributed by atoms with Crippen molar-refractivity contribution < 1.29 is 19.8 Å². The highest BCUT2D eigenvalue weighted by molar-refractivity contribution is 6.12. The number of aliphatic hydroxyl groups is 2. The minimum atomic E-state index is -0.760. The zero-order valence-corrected chi connectivity index (χ0v) is 10.3. The number of carbonyl (C=O) groups is 2. The first-order valence-corrected chi connectivity index (χ1v) is 5.89. The van der Waals surface area contributed by atoms with Crippen molar-refractivity contribution in [3.8, 4) is 0 Å². The van der Waals surface area contributed by atoms with Gasteiger partial charge in [-0.15, -0.1) is 0 Å². The second kappa shape index (κ2) is 3.67. The Labute approximate surface area is 100 Å². The topological polar surface area (TPSA) is 74.6 Å². The van der Waals surface area contributed by atoms with Crippen LogP contribution in [0.4, 0.5) is 0 Å². The third kappa shape index (κ3) is 1.80. The van der Waals surface area contributed by atoms with Crippen LogP contribution in [-0.2, 0) is 9.59 Å². The smallest absolute Gasteiger partial charge is 0.169 e. The van der Waals surface area contributed by atoms with Crippen molar-refractivity contribution in [1.29, 1.82) is 0 Å². The van der Waals surface area contributed by atoms with Crippen LogP contribution in [-0.4, -0.2) is 27.9 Å². The van der Waals surface area contributed by atoms with E-state index in [1.165, 1.54) is 0 Å². The van der Waals surface area contributed by atoms with Crippen molar-refractivity contribution in [3.63, 3.8) is 0 Å². The van der Waals surface area contributed by atoms with E-state index in [9.17, 15) is 19.8 Å². The maximum atomic E-state index is 12.1. The van der Waals surface area contributed by atoms with Gasteiger partial charge in [-0.3, -0.25) is 9.59 Å². The van der Waals surface area contributed by atoms with Crippen LogP contribution < -0.4 is 0 Å². The van der Waals surface area contributed by atoms with E-state index in [0.717, 1.165) is 6.08 Å². The molecule has 0 aliphatic heterocycles. The van der Waals surface area contributed by atoms with Gasteiger partial charge in [0.2, 0.25) is 0 Å². The quantitative estimate of drug-likeness (QED) is 0.623. The molecular formula is C13H18O4. The van der Waals surface area contributed by atoms with Crippen molar-refractivity contribution in [2.75, 3.05) is 0 Å². The summed E-state index contributed by atoms with van der Waals surface area (Å²) in [7, 11) is 0. The van der Waals surface area contributed by atoms with Gasteiger partial charge in [-0.05, 0) is 11.8 Å². The zero-order chi connectivity index (χ0) is 13.0. The van der Waals surface area contributed by atoms with Gasteiger partial charge in [-0.1, -0.05) is 20.8 Å². The van der Waals surface area contributed by atoms with Gasteiger partial charge in [0.25, 0.3) is 0 Å². The van der Waals surface area contributed by atoms with Crippen LogP contribution in [0, 0.1) is 23.2 Å². The highest BCUT2D eigenvalue weighted by Gasteiger charge is 2.53. The molecule has 0 heterocycles. The molecule has 2 aliphatic carbocycles. The molecule has 0 aromatic heterocycles. The second-order valence-electron chi connectivity index (χ2n) is 6.10. The van der Waals surface area contributed by atoms with Crippen molar-refractivity contribution in [2.45, 2.75) is 33.3 Å². The predicted octanol–water partition coefficient (Wildman–Crippen LogP) is 1.24. The number of hydrogen-bond acceptors (Lipinski definition) is 4. The van der Waals surface area contributed by atoms with Gasteiger partial charge in [-0.2, -0.15) is 0 Å². The number of fused-ring (bicyclic) bond motifs is 2. The molecule has 1 fully saturated rings. The molecule has 0 amide bonds.